The van der Waals surface area contributed by atoms with E-state index < -0.39 is 31.6 Å². The molecule has 27 heavy (non-hydrogen) atoms. The highest BCUT2D eigenvalue weighted by molar-refractivity contribution is 7.89. The van der Waals surface area contributed by atoms with Gasteiger partial charge < -0.3 is 14.2 Å². The number of hydrogen-bond acceptors (Lipinski definition) is 7. The van der Waals surface area contributed by atoms with Gasteiger partial charge in [-0.3, -0.25) is 10.1 Å². The summed E-state index contributed by atoms with van der Waals surface area (Å²) in [6.45, 7) is 0.140. The summed E-state index contributed by atoms with van der Waals surface area (Å²) >= 11 is 0. The van der Waals surface area contributed by atoms with E-state index in [1.807, 2.05) is 6.07 Å². The number of methoxy groups -OCH3 is 1. The van der Waals surface area contributed by atoms with Crippen molar-refractivity contribution in [2.75, 3.05) is 27.3 Å². The van der Waals surface area contributed by atoms with Gasteiger partial charge in [0.15, 0.2) is 16.4 Å². The van der Waals surface area contributed by atoms with Gasteiger partial charge >= 0.3 is 0 Å². The number of ether oxygens (including phenoxy) is 3. The molecule has 0 amide bonds. The second-order valence-corrected chi connectivity index (χ2v) is 7.89. The first kappa shape index (κ1) is 18.9. The highest BCUT2D eigenvalue weighted by Crippen LogP contribution is 2.33. The van der Waals surface area contributed by atoms with Gasteiger partial charge in [0.1, 0.15) is 18.5 Å². The standard InChI is InChI=1S/C17H18N2O7S/c1-18(10-13-11-25-15-5-3-4-6-16(15)26-13)27(22,23)17-8-7-12(24-2)9-14(17)19(20)21/h3-9,13H,10-11H2,1-2H3. The van der Waals surface area contributed by atoms with Crippen molar-refractivity contribution in [1.82, 2.24) is 4.31 Å². The summed E-state index contributed by atoms with van der Waals surface area (Å²) in [5, 5.41) is 11.3. The molecular formula is C17H18N2O7S. The van der Waals surface area contributed by atoms with Crippen LogP contribution in [0.4, 0.5) is 5.69 Å². The summed E-state index contributed by atoms with van der Waals surface area (Å²) in [6.07, 6.45) is -0.544. The number of nitro benzene ring substituents is 1. The van der Waals surface area contributed by atoms with E-state index in [9.17, 15) is 18.5 Å². The molecule has 0 bridgehead atoms. The Kier molecular flexibility index (Phi) is 5.19. The second-order valence-electron chi connectivity index (χ2n) is 5.87. The highest BCUT2D eigenvalue weighted by atomic mass is 32.2. The van der Waals surface area contributed by atoms with Gasteiger partial charge in [0.2, 0.25) is 10.0 Å². The largest absolute Gasteiger partial charge is 0.497 e. The van der Waals surface area contributed by atoms with Crippen LogP contribution in [0.15, 0.2) is 47.4 Å². The van der Waals surface area contributed by atoms with Crippen LogP contribution in [0.2, 0.25) is 0 Å². The van der Waals surface area contributed by atoms with Crippen LogP contribution in [0.5, 0.6) is 17.2 Å². The minimum absolute atomic E-state index is 0.0279. The lowest BCUT2D eigenvalue weighted by atomic mass is 10.2. The predicted molar refractivity (Wildman–Crippen MR) is 95.8 cm³/mol. The third-order valence-corrected chi connectivity index (χ3v) is 5.95. The van der Waals surface area contributed by atoms with Gasteiger partial charge in [-0.1, -0.05) is 12.1 Å². The fourth-order valence-corrected chi connectivity index (χ4v) is 4.03. The van der Waals surface area contributed by atoms with Crippen LogP contribution in [-0.2, 0) is 10.0 Å². The molecule has 0 aliphatic carbocycles. The number of likely N-dealkylation sites (N-methyl/N-ethyl adjacent to an activating group) is 1. The second kappa shape index (κ2) is 7.41. The van der Waals surface area contributed by atoms with E-state index in [2.05, 4.69) is 0 Å². The van der Waals surface area contributed by atoms with E-state index >= 15 is 0 Å². The van der Waals surface area contributed by atoms with E-state index in [1.54, 1.807) is 18.2 Å². The Morgan fingerprint density at radius 2 is 1.96 bits per heavy atom. The van der Waals surface area contributed by atoms with Crippen LogP contribution in [0.1, 0.15) is 0 Å². The van der Waals surface area contributed by atoms with Crippen LogP contribution in [-0.4, -0.2) is 51.1 Å². The van der Waals surface area contributed by atoms with Crippen molar-refractivity contribution in [1.29, 1.82) is 0 Å². The molecule has 1 heterocycles. The van der Waals surface area contributed by atoms with Gasteiger partial charge in [-0.25, -0.2) is 8.42 Å². The summed E-state index contributed by atoms with van der Waals surface area (Å²) in [5.74, 6) is 1.31. The van der Waals surface area contributed by atoms with Crippen molar-refractivity contribution in [2.45, 2.75) is 11.0 Å². The Balaban J connectivity index is 1.82. The zero-order chi connectivity index (χ0) is 19.6. The lowest BCUT2D eigenvalue weighted by Gasteiger charge is -2.29. The van der Waals surface area contributed by atoms with Crippen molar-refractivity contribution < 1.29 is 27.6 Å². The van der Waals surface area contributed by atoms with Crippen molar-refractivity contribution in [3.05, 3.63) is 52.6 Å². The molecular weight excluding hydrogens is 376 g/mol. The lowest BCUT2D eigenvalue weighted by Crippen LogP contribution is -2.41. The smallest absolute Gasteiger partial charge is 0.293 e. The van der Waals surface area contributed by atoms with Gasteiger partial charge in [0, 0.05) is 7.05 Å². The molecule has 0 radical (unpaired) electrons. The van der Waals surface area contributed by atoms with Gasteiger partial charge in [0.05, 0.1) is 24.6 Å². The topological polar surface area (TPSA) is 108 Å². The van der Waals surface area contributed by atoms with Crippen molar-refractivity contribution in [3.63, 3.8) is 0 Å². The third-order valence-electron chi connectivity index (χ3n) is 4.08. The van der Waals surface area contributed by atoms with Gasteiger partial charge in [-0.05, 0) is 24.3 Å². The van der Waals surface area contributed by atoms with Crippen LogP contribution in [0.3, 0.4) is 0 Å². The molecule has 2 aromatic carbocycles. The quantitative estimate of drug-likeness (QED) is 0.545. The molecule has 1 atom stereocenters. The molecule has 1 unspecified atom stereocenters. The van der Waals surface area contributed by atoms with Crippen LogP contribution in [0.25, 0.3) is 0 Å². The molecule has 0 spiro atoms. The first-order valence-corrected chi connectivity index (χ1v) is 9.44. The fourth-order valence-electron chi connectivity index (χ4n) is 2.69. The monoisotopic (exact) mass is 394 g/mol. The Morgan fingerprint density at radius 1 is 1.26 bits per heavy atom. The van der Waals surface area contributed by atoms with Gasteiger partial charge in [-0.2, -0.15) is 4.31 Å². The average molecular weight is 394 g/mol. The van der Waals surface area contributed by atoms with Crippen molar-refractivity contribution in [2.24, 2.45) is 0 Å². The number of nitro groups is 1. The number of fused-ring (bicyclic) bond motifs is 1. The number of nitrogens with zero attached hydrogens (tertiary/aromatic N) is 2. The molecule has 9 nitrogen and oxygen atoms in total. The molecule has 3 rings (SSSR count). The van der Waals surface area contributed by atoms with E-state index in [0.29, 0.717) is 11.5 Å². The lowest BCUT2D eigenvalue weighted by molar-refractivity contribution is -0.387. The Bertz CT molecular complexity index is 962. The number of rotatable bonds is 6. The molecule has 144 valence electrons. The van der Waals surface area contributed by atoms with E-state index in [0.717, 1.165) is 16.4 Å². The summed E-state index contributed by atoms with van der Waals surface area (Å²) in [6, 6.07) is 10.7. The van der Waals surface area contributed by atoms with E-state index in [-0.39, 0.29) is 18.9 Å². The Hall–Kier alpha value is -2.85. The van der Waals surface area contributed by atoms with Gasteiger partial charge in [-0.15, -0.1) is 0 Å². The van der Waals surface area contributed by atoms with Crippen LogP contribution >= 0.6 is 0 Å². The third kappa shape index (κ3) is 3.81. The molecule has 1 aliphatic heterocycles. The maximum atomic E-state index is 12.9. The maximum Gasteiger partial charge on any atom is 0.293 e. The molecule has 1 aliphatic rings. The molecule has 2 aromatic rings. The zero-order valence-corrected chi connectivity index (χ0v) is 15.5. The predicted octanol–water partition coefficient (Wildman–Crippen LogP) is 2.06. The molecule has 0 saturated heterocycles. The first-order chi connectivity index (χ1) is 12.8. The van der Waals surface area contributed by atoms with E-state index in [4.69, 9.17) is 14.2 Å². The number of hydrogen-bond donors (Lipinski definition) is 0. The van der Waals surface area contributed by atoms with Crippen molar-refractivity contribution in [3.8, 4) is 17.2 Å². The van der Waals surface area contributed by atoms with Crippen LogP contribution in [0, 0.1) is 10.1 Å². The van der Waals surface area contributed by atoms with Crippen LogP contribution < -0.4 is 14.2 Å². The minimum atomic E-state index is -4.12. The Labute approximate surface area is 156 Å². The Morgan fingerprint density at radius 3 is 2.63 bits per heavy atom. The highest BCUT2D eigenvalue weighted by Gasteiger charge is 2.33. The zero-order valence-electron chi connectivity index (χ0n) is 14.7. The fraction of sp³-hybridized carbons (Fsp3) is 0.294. The molecule has 0 aromatic heterocycles. The summed E-state index contributed by atoms with van der Waals surface area (Å²) in [5.41, 5.74) is -0.549. The summed E-state index contributed by atoms with van der Waals surface area (Å²) in [4.78, 5) is 10.1. The van der Waals surface area contributed by atoms with E-state index in [1.165, 1.54) is 20.2 Å². The summed E-state index contributed by atoms with van der Waals surface area (Å²) < 4.78 is 43.0. The molecule has 0 N–H and O–H groups in total. The summed E-state index contributed by atoms with van der Waals surface area (Å²) in [7, 11) is -1.43. The van der Waals surface area contributed by atoms with Gasteiger partial charge in [0.25, 0.3) is 5.69 Å². The molecule has 0 fully saturated rings. The molecule has 0 saturated carbocycles. The normalized spacial score (nSPS) is 16.2. The maximum absolute atomic E-state index is 12.9. The number of sulfonamides is 1. The SMILES string of the molecule is COc1ccc(S(=O)(=O)N(C)CC2COc3ccccc3O2)c([N+](=O)[O-])c1. The average Bonchev–Trinajstić information content (AvgIpc) is 2.67. The first-order valence-electron chi connectivity index (χ1n) is 8.00. The number of benzene rings is 2. The molecule has 10 heteroatoms. The minimum Gasteiger partial charge on any atom is -0.497 e. The van der Waals surface area contributed by atoms with Crippen molar-refractivity contribution >= 4 is 15.7 Å². The number of para-hydroxylation sites is 2.